The van der Waals surface area contributed by atoms with Crippen molar-refractivity contribution in [2.24, 2.45) is 0 Å². The Kier molecular flexibility index (Phi) is 2.99. The van der Waals surface area contributed by atoms with E-state index in [1.165, 1.54) is 31.2 Å². The largest absolute Gasteiger partial charge is 0.336 e. The topological polar surface area (TPSA) is 36.4 Å². The lowest BCUT2D eigenvalue weighted by Crippen LogP contribution is -2.49. The molecule has 2 heterocycles. The number of nitrogens with zero attached hydrogens (tertiary/aromatic N) is 3. The van der Waals surface area contributed by atoms with Crippen molar-refractivity contribution in [3.8, 4) is 0 Å². The molecule has 0 spiro atoms. The van der Waals surface area contributed by atoms with Gasteiger partial charge in [0.05, 0.1) is 5.56 Å². The van der Waals surface area contributed by atoms with E-state index in [1.54, 1.807) is 0 Å². The average Bonchev–Trinajstić information content (AvgIpc) is 3.23. The summed E-state index contributed by atoms with van der Waals surface area (Å²) < 4.78 is 12.7. The van der Waals surface area contributed by atoms with Crippen LogP contribution in [0.5, 0.6) is 0 Å². The second-order valence-electron chi connectivity index (χ2n) is 4.93. The van der Waals surface area contributed by atoms with Crippen LogP contribution in [0.15, 0.2) is 18.3 Å². The van der Waals surface area contributed by atoms with Gasteiger partial charge in [-0.2, -0.15) is 4.39 Å². The fourth-order valence-corrected chi connectivity index (χ4v) is 2.41. The van der Waals surface area contributed by atoms with Gasteiger partial charge in [0.15, 0.2) is 0 Å². The molecule has 0 unspecified atom stereocenters. The van der Waals surface area contributed by atoms with Crippen LogP contribution in [0.1, 0.15) is 23.2 Å². The number of halogens is 1. The molecule has 1 aromatic rings. The Morgan fingerprint density at radius 2 is 1.94 bits per heavy atom. The molecule has 0 atom stereocenters. The van der Waals surface area contributed by atoms with Crippen LogP contribution >= 0.6 is 0 Å². The standard InChI is InChI=1S/C13H16FN3O/c14-12-4-1-10(9-15-12)13(18)17-7-5-16(6-8-17)11-2-3-11/h1,4,9,11H,2-3,5-8H2. The highest BCUT2D eigenvalue weighted by Gasteiger charge is 2.32. The van der Waals surface area contributed by atoms with E-state index < -0.39 is 5.95 Å². The molecule has 1 aliphatic carbocycles. The zero-order valence-electron chi connectivity index (χ0n) is 10.2. The van der Waals surface area contributed by atoms with E-state index >= 15 is 0 Å². The molecule has 2 aliphatic rings. The van der Waals surface area contributed by atoms with Gasteiger partial charge < -0.3 is 4.90 Å². The Bertz CT molecular complexity index is 436. The maximum absolute atomic E-state index is 12.7. The zero-order valence-corrected chi connectivity index (χ0v) is 10.2. The molecule has 1 aromatic heterocycles. The summed E-state index contributed by atoms with van der Waals surface area (Å²) in [5, 5.41) is 0. The van der Waals surface area contributed by atoms with Gasteiger partial charge in [-0.15, -0.1) is 0 Å². The number of carbonyl (C=O) groups excluding carboxylic acids is 1. The molecular formula is C13H16FN3O. The predicted octanol–water partition coefficient (Wildman–Crippen LogP) is 1.14. The average molecular weight is 249 g/mol. The van der Waals surface area contributed by atoms with E-state index in [0.29, 0.717) is 5.56 Å². The minimum absolute atomic E-state index is 0.0436. The Labute approximate surface area is 105 Å². The Morgan fingerprint density at radius 3 is 2.50 bits per heavy atom. The monoisotopic (exact) mass is 249 g/mol. The summed E-state index contributed by atoms with van der Waals surface area (Å²) in [6.07, 6.45) is 3.91. The van der Waals surface area contributed by atoms with E-state index in [1.807, 2.05) is 4.90 Å². The molecule has 1 saturated carbocycles. The molecule has 0 radical (unpaired) electrons. The van der Waals surface area contributed by atoms with Gasteiger partial charge in [-0.3, -0.25) is 9.69 Å². The summed E-state index contributed by atoms with van der Waals surface area (Å²) >= 11 is 0. The zero-order chi connectivity index (χ0) is 12.5. The third kappa shape index (κ3) is 2.36. The first kappa shape index (κ1) is 11.6. The number of aromatic nitrogens is 1. The highest BCUT2D eigenvalue weighted by Crippen LogP contribution is 2.27. The van der Waals surface area contributed by atoms with Crippen LogP contribution in [0.4, 0.5) is 4.39 Å². The first-order chi connectivity index (χ1) is 8.74. The van der Waals surface area contributed by atoms with Crippen molar-refractivity contribution in [3.05, 3.63) is 29.8 Å². The van der Waals surface area contributed by atoms with E-state index in [9.17, 15) is 9.18 Å². The Balaban J connectivity index is 1.61. The van der Waals surface area contributed by atoms with Crippen LogP contribution < -0.4 is 0 Å². The Hall–Kier alpha value is -1.49. The molecule has 4 nitrogen and oxygen atoms in total. The molecule has 18 heavy (non-hydrogen) atoms. The highest BCUT2D eigenvalue weighted by molar-refractivity contribution is 5.93. The fourth-order valence-electron chi connectivity index (χ4n) is 2.41. The van der Waals surface area contributed by atoms with Gasteiger partial charge in [-0.05, 0) is 25.0 Å². The number of carbonyl (C=O) groups is 1. The fraction of sp³-hybridized carbons (Fsp3) is 0.538. The lowest BCUT2D eigenvalue weighted by Gasteiger charge is -2.34. The minimum atomic E-state index is -0.551. The molecule has 96 valence electrons. The van der Waals surface area contributed by atoms with Gasteiger partial charge in [0.25, 0.3) is 5.91 Å². The number of hydrogen-bond donors (Lipinski definition) is 0. The molecule has 0 N–H and O–H groups in total. The lowest BCUT2D eigenvalue weighted by molar-refractivity contribution is 0.0627. The van der Waals surface area contributed by atoms with Gasteiger partial charge in [0.2, 0.25) is 5.95 Å². The van der Waals surface area contributed by atoms with Crippen molar-refractivity contribution < 1.29 is 9.18 Å². The number of hydrogen-bond acceptors (Lipinski definition) is 3. The van der Waals surface area contributed by atoms with E-state index in [4.69, 9.17) is 0 Å². The molecule has 2 fully saturated rings. The van der Waals surface area contributed by atoms with Gasteiger partial charge in [0.1, 0.15) is 0 Å². The van der Waals surface area contributed by atoms with Gasteiger partial charge in [-0.1, -0.05) is 0 Å². The van der Waals surface area contributed by atoms with Crippen molar-refractivity contribution in [2.75, 3.05) is 26.2 Å². The SMILES string of the molecule is O=C(c1ccc(F)nc1)N1CCN(C2CC2)CC1. The second-order valence-corrected chi connectivity index (χ2v) is 4.93. The quantitative estimate of drug-likeness (QED) is 0.737. The first-order valence-corrected chi connectivity index (χ1v) is 6.39. The molecular weight excluding hydrogens is 233 g/mol. The molecule has 0 aromatic carbocycles. The normalized spacial score (nSPS) is 21.1. The first-order valence-electron chi connectivity index (χ1n) is 6.39. The van der Waals surface area contributed by atoms with E-state index in [2.05, 4.69) is 9.88 Å². The summed E-state index contributed by atoms with van der Waals surface area (Å²) in [6.45, 7) is 3.41. The molecule has 1 aliphatic heterocycles. The number of piperazine rings is 1. The van der Waals surface area contributed by atoms with Crippen molar-refractivity contribution in [1.82, 2.24) is 14.8 Å². The maximum atomic E-state index is 12.7. The molecule has 0 bridgehead atoms. The lowest BCUT2D eigenvalue weighted by atomic mass is 10.2. The van der Waals surface area contributed by atoms with E-state index in [-0.39, 0.29) is 5.91 Å². The van der Waals surface area contributed by atoms with Crippen LogP contribution in [-0.4, -0.2) is 52.9 Å². The van der Waals surface area contributed by atoms with Crippen molar-refractivity contribution in [3.63, 3.8) is 0 Å². The van der Waals surface area contributed by atoms with Crippen molar-refractivity contribution in [2.45, 2.75) is 18.9 Å². The summed E-state index contributed by atoms with van der Waals surface area (Å²) in [7, 11) is 0. The van der Waals surface area contributed by atoms with Crippen LogP contribution in [0.3, 0.4) is 0 Å². The summed E-state index contributed by atoms with van der Waals surface area (Å²) in [5.41, 5.74) is 0.469. The van der Waals surface area contributed by atoms with Crippen molar-refractivity contribution in [1.29, 1.82) is 0 Å². The number of rotatable bonds is 2. The minimum Gasteiger partial charge on any atom is -0.336 e. The molecule has 5 heteroatoms. The van der Waals surface area contributed by atoms with Gasteiger partial charge in [0, 0.05) is 38.4 Å². The third-order valence-electron chi connectivity index (χ3n) is 3.64. The maximum Gasteiger partial charge on any atom is 0.255 e. The van der Waals surface area contributed by atoms with Gasteiger partial charge in [-0.25, -0.2) is 4.98 Å². The predicted molar refractivity (Wildman–Crippen MR) is 64.7 cm³/mol. The second kappa shape index (κ2) is 4.65. The van der Waals surface area contributed by atoms with Crippen LogP contribution in [0, 0.1) is 5.95 Å². The van der Waals surface area contributed by atoms with Crippen LogP contribution in [-0.2, 0) is 0 Å². The summed E-state index contributed by atoms with van der Waals surface area (Å²) in [4.78, 5) is 20.0. The summed E-state index contributed by atoms with van der Waals surface area (Å²) in [6, 6.07) is 3.49. The third-order valence-corrected chi connectivity index (χ3v) is 3.64. The van der Waals surface area contributed by atoms with Crippen LogP contribution in [0.25, 0.3) is 0 Å². The molecule has 1 amide bonds. The smallest absolute Gasteiger partial charge is 0.255 e. The highest BCUT2D eigenvalue weighted by atomic mass is 19.1. The molecule has 3 rings (SSSR count). The van der Waals surface area contributed by atoms with E-state index in [0.717, 1.165) is 32.2 Å². The number of amides is 1. The van der Waals surface area contributed by atoms with Crippen LogP contribution in [0.2, 0.25) is 0 Å². The molecule has 1 saturated heterocycles. The van der Waals surface area contributed by atoms with Crippen molar-refractivity contribution >= 4 is 5.91 Å². The summed E-state index contributed by atoms with van der Waals surface area (Å²) in [5.74, 6) is -0.594. The number of pyridine rings is 1. The Morgan fingerprint density at radius 1 is 1.22 bits per heavy atom. The van der Waals surface area contributed by atoms with Gasteiger partial charge >= 0.3 is 0 Å².